The molecular weight excluding hydrogens is 214 g/mol. The Hall–Kier alpha value is -0.690. The van der Waals surface area contributed by atoms with Crippen molar-refractivity contribution in [3.63, 3.8) is 0 Å². The van der Waals surface area contributed by atoms with Crippen LogP contribution in [0.5, 0.6) is 0 Å². The van der Waals surface area contributed by atoms with Gasteiger partial charge in [-0.1, -0.05) is 0 Å². The minimum atomic E-state index is -1.56. The molecule has 6 nitrogen and oxygen atoms in total. The number of rotatable bonds is 8. The molecule has 4 N–H and O–H groups in total. The van der Waals surface area contributed by atoms with Crippen molar-refractivity contribution in [3.8, 4) is 0 Å². The van der Waals surface area contributed by atoms with Crippen LogP contribution in [0.3, 0.4) is 0 Å². The summed E-state index contributed by atoms with van der Waals surface area (Å²) in [5, 5.41) is 36.0. The van der Waals surface area contributed by atoms with Crippen LogP contribution in [0.1, 0.15) is 19.8 Å². The van der Waals surface area contributed by atoms with Gasteiger partial charge in [-0.15, -0.1) is 0 Å². The summed E-state index contributed by atoms with van der Waals surface area (Å²) in [5.41, 5.74) is -1.56. The van der Waals surface area contributed by atoms with Gasteiger partial charge in [-0.2, -0.15) is 0 Å². The van der Waals surface area contributed by atoms with Crippen molar-refractivity contribution >= 4 is 5.91 Å². The van der Waals surface area contributed by atoms with Gasteiger partial charge in [0.05, 0.1) is 13.2 Å². The lowest BCUT2D eigenvalue weighted by Crippen LogP contribution is -2.49. The fourth-order valence-corrected chi connectivity index (χ4v) is 1.43. The zero-order valence-electron chi connectivity index (χ0n) is 9.59. The topological polar surface area (TPSA) is 101 Å². The van der Waals surface area contributed by atoms with Crippen LogP contribution in [0.25, 0.3) is 0 Å². The summed E-state index contributed by atoms with van der Waals surface area (Å²) in [6, 6.07) is 0. The van der Waals surface area contributed by atoms with Crippen LogP contribution in [0.15, 0.2) is 0 Å². The smallest absolute Gasteiger partial charge is 0.254 e. The molecule has 0 bridgehead atoms. The summed E-state index contributed by atoms with van der Waals surface area (Å²) in [6.45, 7) is 0.989. The second-order valence-corrected chi connectivity index (χ2v) is 3.84. The normalized spacial score (nSPS) is 14.6. The van der Waals surface area contributed by atoms with E-state index in [4.69, 9.17) is 15.3 Å². The van der Waals surface area contributed by atoms with E-state index in [1.807, 2.05) is 0 Å². The summed E-state index contributed by atoms with van der Waals surface area (Å²) in [4.78, 5) is 13.0. The number of amides is 1. The number of hydrogen-bond acceptors (Lipinski definition) is 5. The summed E-state index contributed by atoms with van der Waals surface area (Å²) in [5.74, 6) is -0.538. The number of aliphatic hydroxyl groups excluding tert-OH is 3. The highest BCUT2D eigenvalue weighted by molar-refractivity contribution is 5.84. The van der Waals surface area contributed by atoms with Crippen LogP contribution >= 0.6 is 0 Å². The molecule has 6 heteroatoms. The van der Waals surface area contributed by atoms with Crippen molar-refractivity contribution in [3.05, 3.63) is 0 Å². The molecule has 1 amide bonds. The maximum absolute atomic E-state index is 11.8. The second kappa shape index (κ2) is 7.56. The Kier molecular flexibility index (Phi) is 7.24. The third-order valence-electron chi connectivity index (χ3n) is 2.31. The number of hydrogen-bond donors (Lipinski definition) is 4. The summed E-state index contributed by atoms with van der Waals surface area (Å²) < 4.78 is 0. The first-order valence-electron chi connectivity index (χ1n) is 5.34. The highest BCUT2D eigenvalue weighted by Crippen LogP contribution is 2.15. The minimum Gasteiger partial charge on any atom is -0.396 e. The van der Waals surface area contributed by atoms with Gasteiger partial charge in [0.1, 0.15) is 5.60 Å². The third-order valence-corrected chi connectivity index (χ3v) is 2.31. The van der Waals surface area contributed by atoms with Gasteiger partial charge in [-0.05, 0) is 19.8 Å². The van der Waals surface area contributed by atoms with E-state index in [1.165, 1.54) is 11.8 Å². The van der Waals surface area contributed by atoms with Crippen LogP contribution in [0.2, 0.25) is 0 Å². The SMILES string of the molecule is CC(O)(CCCO)C(=O)N(CCO)CCO. The van der Waals surface area contributed by atoms with Crippen molar-refractivity contribution in [1.29, 1.82) is 0 Å². The van der Waals surface area contributed by atoms with Gasteiger partial charge in [-0.3, -0.25) is 4.79 Å². The molecule has 0 radical (unpaired) electrons. The van der Waals surface area contributed by atoms with Crippen LogP contribution in [0.4, 0.5) is 0 Å². The Balaban J connectivity index is 4.44. The molecule has 0 spiro atoms. The van der Waals surface area contributed by atoms with Crippen molar-refractivity contribution in [2.24, 2.45) is 0 Å². The van der Waals surface area contributed by atoms with Crippen molar-refractivity contribution < 1.29 is 25.2 Å². The molecule has 0 aromatic rings. The quantitative estimate of drug-likeness (QED) is 0.403. The van der Waals surface area contributed by atoms with E-state index in [0.29, 0.717) is 6.42 Å². The maximum Gasteiger partial charge on any atom is 0.254 e. The molecule has 16 heavy (non-hydrogen) atoms. The van der Waals surface area contributed by atoms with E-state index in [-0.39, 0.29) is 39.3 Å². The Morgan fingerprint density at radius 1 is 1.12 bits per heavy atom. The van der Waals surface area contributed by atoms with Crippen LogP contribution in [0, 0.1) is 0 Å². The first-order valence-corrected chi connectivity index (χ1v) is 5.34. The predicted octanol–water partition coefficient (Wildman–Crippen LogP) is -1.68. The van der Waals surface area contributed by atoms with Crippen molar-refractivity contribution in [1.82, 2.24) is 4.90 Å². The van der Waals surface area contributed by atoms with E-state index in [1.54, 1.807) is 0 Å². The fraction of sp³-hybridized carbons (Fsp3) is 0.900. The van der Waals surface area contributed by atoms with Crippen LogP contribution in [-0.2, 0) is 4.79 Å². The summed E-state index contributed by atoms with van der Waals surface area (Å²) in [6.07, 6.45) is 0.473. The fourth-order valence-electron chi connectivity index (χ4n) is 1.43. The Labute approximate surface area is 95.1 Å². The Bertz CT molecular complexity index is 201. The van der Waals surface area contributed by atoms with E-state index >= 15 is 0 Å². The molecule has 0 aromatic carbocycles. The highest BCUT2D eigenvalue weighted by Gasteiger charge is 2.33. The van der Waals surface area contributed by atoms with E-state index in [9.17, 15) is 9.90 Å². The predicted molar refractivity (Wildman–Crippen MR) is 57.7 cm³/mol. The zero-order chi connectivity index (χ0) is 12.6. The van der Waals surface area contributed by atoms with Gasteiger partial charge >= 0.3 is 0 Å². The summed E-state index contributed by atoms with van der Waals surface area (Å²) >= 11 is 0. The molecule has 0 aliphatic rings. The Morgan fingerprint density at radius 2 is 1.62 bits per heavy atom. The molecule has 0 aliphatic carbocycles. The summed E-state index contributed by atoms with van der Waals surface area (Å²) in [7, 11) is 0. The van der Waals surface area contributed by atoms with Gasteiger partial charge in [0.25, 0.3) is 5.91 Å². The molecule has 0 heterocycles. The maximum atomic E-state index is 11.8. The molecule has 96 valence electrons. The Morgan fingerprint density at radius 3 is 2.00 bits per heavy atom. The number of aliphatic hydroxyl groups is 4. The molecule has 0 saturated heterocycles. The van der Waals surface area contributed by atoms with Crippen LogP contribution in [-0.4, -0.2) is 69.7 Å². The van der Waals surface area contributed by atoms with Crippen molar-refractivity contribution in [2.75, 3.05) is 32.9 Å². The van der Waals surface area contributed by atoms with Gasteiger partial charge in [0.2, 0.25) is 0 Å². The number of carbonyl (C=O) groups is 1. The molecule has 0 rings (SSSR count). The minimum absolute atomic E-state index is 0.0780. The van der Waals surface area contributed by atoms with Crippen molar-refractivity contribution in [2.45, 2.75) is 25.4 Å². The molecule has 1 atom stereocenters. The molecule has 0 saturated carbocycles. The highest BCUT2D eigenvalue weighted by atomic mass is 16.3. The molecular formula is C10H21NO5. The number of nitrogens with zero attached hydrogens (tertiary/aromatic N) is 1. The average molecular weight is 235 g/mol. The molecule has 0 aromatic heterocycles. The first kappa shape index (κ1) is 15.3. The monoisotopic (exact) mass is 235 g/mol. The first-order chi connectivity index (χ1) is 7.49. The average Bonchev–Trinajstić information content (AvgIpc) is 2.25. The molecule has 0 aliphatic heterocycles. The largest absolute Gasteiger partial charge is 0.396 e. The van der Waals surface area contributed by atoms with E-state index in [0.717, 1.165) is 0 Å². The lowest BCUT2D eigenvalue weighted by molar-refractivity contribution is -0.151. The van der Waals surface area contributed by atoms with E-state index in [2.05, 4.69) is 0 Å². The lowest BCUT2D eigenvalue weighted by atomic mass is 9.98. The number of carbonyl (C=O) groups excluding carboxylic acids is 1. The zero-order valence-corrected chi connectivity index (χ0v) is 9.59. The molecule has 1 unspecified atom stereocenters. The standard InChI is InChI=1S/C10H21NO5/c1-10(16,3-2-6-12)9(15)11(4-7-13)5-8-14/h12-14,16H,2-8H2,1H3. The second-order valence-electron chi connectivity index (χ2n) is 3.84. The van der Waals surface area contributed by atoms with Gasteiger partial charge < -0.3 is 25.3 Å². The van der Waals surface area contributed by atoms with Crippen LogP contribution < -0.4 is 0 Å². The van der Waals surface area contributed by atoms with E-state index < -0.39 is 11.5 Å². The van der Waals surface area contributed by atoms with Gasteiger partial charge in [-0.25, -0.2) is 0 Å². The molecule has 0 fully saturated rings. The van der Waals surface area contributed by atoms with Gasteiger partial charge in [0, 0.05) is 19.7 Å². The van der Waals surface area contributed by atoms with Gasteiger partial charge in [0.15, 0.2) is 0 Å². The lowest BCUT2D eigenvalue weighted by Gasteiger charge is -2.30. The third kappa shape index (κ3) is 4.89.